The zero-order valence-electron chi connectivity index (χ0n) is 5.31. The van der Waals surface area contributed by atoms with E-state index in [4.69, 9.17) is 21.8 Å². The number of aliphatic imine (C=N–C) groups is 1. The third-order valence-electron chi connectivity index (χ3n) is 1.06. The number of carbonyl (C=O) groups is 1. The summed E-state index contributed by atoms with van der Waals surface area (Å²) in [5, 5.41) is 17.5. The van der Waals surface area contributed by atoms with E-state index in [1.54, 1.807) is 0 Å². The molecule has 1 aliphatic heterocycles. The van der Waals surface area contributed by atoms with E-state index in [2.05, 4.69) is 4.99 Å². The van der Waals surface area contributed by atoms with Gasteiger partial charge in [0.15, 0.2) is 0 Å². The Bertz CT molecular complexity index is 238. The van der Waals surface area contributed by atoms with Crippen LogP contribution in [-0.2, 0) is 0 Å². The first-order valence-electron chi connectivity index (χ1n) is 2.71. The number of aliphatic hydroxyl groups excluding tert-OH is 1. The van der Waals surface area contributed by atoms with E-state index in [1.807, 2.05) is 0 Å². The van der Waals surface area contributed by atoms with Crippen LogP contribution in [0.2, 0.25) is 0 Å². The van der Waals surface area contributed by atoms with Crippen molar-refractivity contribution in [1.82, 2.24) is 4.90 Å². The molecule has 1 amide bonds. The molecule has 1 aliphatic rings. The van der Waals surface area contributed by atoms with E-state index < -0.39 is 12.4 Å². The Hall–Kier alpha value is -1.07. The Kier molecular flexibility index (Phi) is 2.11. The maximum Gasteiger partial charge on any atom is 0.415 e. The van der Waals surface area contributed by atoms with Crippen LogP contribution in [0.4, 0.5) is 4.79 Å². The maximum atomic E-state index is 10.3. The highest BCUT2D eigenvalue weighted by molar-refractivity contribution is 6.39. The molecule has 0 bridgehead atoms. The predicted octanol–water partition coefficient (Wildman–Crippen LogP) is 0.407. The van der Waals surface area contributed by atoms with Crippen LogP contribution in [0.1, 0.15) is 0 Å². The second-order valence-electron chi connectivity index (χ2n) is 1.83. The van der Waals surface area contributed by atoms with E-state index in [-0.39, 0.29) is 5.03 Å². The van der Waals surface area contributed by atoms with Gasteiger partial charge in [0.05, 0.1) is 5.03 Å². The minimum Gasteiger partial charge on any atom is -0.465 e. The summed E-state index contributed by atoms with van der Waals surface area (Å²) in [5.41, 5.74) is 0. The van der Waals surface area contributed by atoms with Gasteiger partial charge < -0.3 is 10.2 Å². The van der Waals surface area contributed by atoms with Crippen molar-refractivity contribution in [2.75, 3.05) is 0 Å². The van der Waals surface area contributed by atoms with Gasteiger partial charge in [0, 0.05) is 12.4 Å². The molecule has 1 unspecified atom stereocenters. The zero-order valence-corrected chi connectivity index (χ0v) is 6.06. The van der Waals surface area contributed by atoms with Crippen molar-refractivity contribution >= 4 is 23.9 Å². The van der Waals surface area contributed by atoms with Gasteiger partial charge in [-0.15, -0.1) is 0 Å². The molecule has 0 saturated carbocycles. The Morgan fingerprint density at radius 1 is 1.82 bits per heavy atom. The molecule has 11 heavy (non-hydrogen) atoms. The Morgan fingerprint density at radius 2 is 2.45 bits per heavy atom. The lowest BCUT2D eigenvalue weighted by Crippen LogP contribution is -2.35. The number of halogens is 1. The fourth-order valence-electron chi connectivity index (χ4n) is 0.597. The van der Waals surface area contributed by atoms with Gasteiger partial charge in [0.1, 0.15) is 0 Å². The summed E-state index contributed by atoms with van der Waals surface area (Å²) >= 11 is 5.42. The minimum atomic E-state index is -1.38. The number of hydrogen-bond donors (Lipinski definition) is 2. The highest BCUT2D eigenvalue weighted by Crippen LogP contribution is 2.10. The number of allylic oxidation sites excluding steroid dienone is 1. The van der Waals surface area contributed by atoms with Crippen molar-refractivity contribution in [3.8, 4) is 0 Å². The Labute approximate surface area is 67.2 Å². The molecule has 0 aromatic heterocycles. The molecule has 0 aromatic carbocycles. The maximum absolute atomic E-state index is 10.3. The lowest BCUT2D eigenvalue weighted by molar-refractivity contribution is 0.0456. The van der Waals surface area contributed by atoms with Crippen LogP contribution in [0, 0.1) is 0 Å². The summed E-state index contributed by atoms with van der Waals surface area (Å²) in [6, 6.07) is 0. The Balaban J connectivity index is 2.81. The fraction of sp³-hybridized carbons (Fsp3) is 0.200. The van der Waals surface area contributed by atoms with E-state index in [1.165, 1.54) is 6.21 Å². The summed E-state index contributed by atoms with van der Waals surface area (Å²) in [4.78, 5) is 14.3. The van der Waals surface area contributed by atoms with Gasteiger partial charge in [0.2, 0.25) is 6.35 Å². The third-order valence-corrected chi connectivity index (χ3v) is 1.26. The highest BCUT2D eigenvalue weighted by Gasteiger charge is 2.20. The number of amides is 1. The first-order chi connectivity index (χ1) is 5.11. The summed E-state index contributed by atoms with van der Waals surface area (Å²) in [7, 11) is 0. The molecule has 1 heterocycles. The first-order valence-corrected chi connectivity index (χ1v) is 3.09. The molecule has 5 nitrogen and oxygen atoms in total. The Morgan fingerprint density at radius 3 is 2.91 bits per heavy atom. The molecule has 0 saturated heterocycles. The smallest absolute Gasteiger partial charge is 0.415 e. The van der Waals surface area contributed by atoms with Crippen LogP contribution < -0.4 is 0 Å². The van der Waals surface area contributed by atoms with Crippen molar-refractivity contribution in [2.45, 2.75) is 6.35 Å². The van der Waals surface area contributed by atoms with Crippen LogP contribution in [0.3, 0.4) is 0 Å². The lowest BCUT2D eigenvalue weighted by atomic mass is 10.5. The SMILES string of the molecule is O=C(O)N1C=C(Cl)C=NC1O. The van der Waals surface area contributed by atoms with Crippen LogP contribution in [0.25, 0.3) is 0 Å². The van der Waals surface area contributed by atoms with Gasteiger partial charge in [-0.25, -0.2) is 14.7 Å². The monoisotopic (exact) mass is 176 g/mol. The van der Waals surface area contributed by atoms with Crippen molar-refractivity contribution in [2.24, 2.45) is 4.99 Å². The summed E-state index contributed by atoms with van der Waals surface area (Å²) in [6.45, 7) is 0. The number of nitrogens with zero attached hydrogens (tertiary/aromatic N) is 2. The fourth-order valence-corrected chi connectivity index (χ4v) is 0.758. The van der Waals surface area contributed by atoms with Gasteiger partial charge >= 0.3 is 6.09 Å². The second-order valence-corrected chi connectivity index (χ2v) is 2.26. The molecule has 0 aliphatic carbocycles. The molecule has 60 valence electrons. The highest BCUT2D eigenvalue weighted by atomic mass is 35.5. The van der Waals surface area contributed by atoms with Crippen LogP contribution in [-0.4, -0.2) is 33.8 Å². The third kappa shape index (κ3) is 1.69. The average Bonchev–Trinajstić information content (AvgIpc) is 1.94. The molecule has 6 heteroatoms. The molecule has 0 aromatic rings. The molecule has 0 fully saturated rings. The number of aliphatic hydroxyl groups is 1. The average molecular weight is 177 g/mol. The number of hydrogen-bond acceptors (Lipinski definition) is 3. The molecule has 2 N–H and O–H groups in total. The minimum absolute atomic E-state index is 0.165. The van der Waals surface area contributed by atoms with Gasteiger partial charge in [-0.2, -0.15) is 0 Å². The predicted molar refractivity (Wildman–Crippen MR) is 38.3 cm³/mol. The normalized spacial score (nSPS) is 23.3. The van der Waals surface area contributed by atoms with Crippen molar-refractivity contribution < 1.29 is 15.0 Å². The largest absolute Gasteiger partial charge is 0.465 e. The van der Waals surface area contributed by atoms with E-state index in [0.717, 1.165) is 6.20 Å². The zero-order chi connectivity index (χ0) is 8.43. The second kappa shape index (κ2) is 2.89. The molecule has 0 radical (unpaired) electrons. The van der Waals surface area contributed by atoms with Gasteiger partial charge in [-0.1, -0.05) is 11.6 Å². The van der Waals surface area contributed by atoms with Gasteiger partial charge in [-0.3, -0.25) is 0 Å². The lowest BCUT2D eigenvalue weighted by Gasteiger charge is -2.20. The van der Waals surface area contributed by atoms with Crippen LogP contribution in [0.15, 0.2) is 16.2 Å². The van der Waals surface area contributed by atoms with E-state index in [0.29, 0.717) is 4.90 Å². The quantitative estimate of drug-likeness (QED) is 0.561. The van der Waals surface area contributed by atoms with Crippen molar-refractivity contribution in [3.05, 3.63) is 11.2 Å². The first kappa shape index (κ1) is 8.03. The molecule has 1 rings (SSSR count). The van der Waals surface area contributed by atoms with E-state index >= 15 is 0 Å². The van der Waals surface area contributed by atoms with E-state index in [9.17, 15) is 4.79 Å². The van der Waals surface area contributed by atoms with Crippen molar-refractivity contribution in [3.63, 3.8) is 0 Å². The van der Waals surface area contributed by atoms with Gasteiger partial charge in [-0.05, 0) is 0 Å². The molecule has 1 atom stereocenters. The number of carboxylic acid groups (broad SMARTS) is 1. The summed E-state index contributed by atoms with van der Waals surface area (Å²) in [6.07, 6.45) is -0.407. The molecule has 0 spiro atoms. The summed E-state index contributed by atoms with van der Waals surface area (Å²) in [5.74, 6) is 0. The topological polar surface area (TPSA) is 73.1 Å². The van der Waals surface area contributed by atoms with Crippen LogP contribution >= 0.6 is 11.6 Å². The molecular formula is C5H5ClN2O3. The standard InChI is InChI=1S/C5H5ClN2O3/c6-3-1-7-4(9)8(2-3)5(10)11/h1-2,4,9H,(H,10,11). The molecular weight excluding hydrogens is 172 g/mol. The number of rotatable bonds is 0. The van der Waals surface area contributed by atoms with Crippen molar-refractivity contribution in [1.29, 1.82) is 0 Å². The van der Waals surface area contributed by atoms with Crippen LogP contribution in [0.5, 0.6) is 0 Å². The van der Waals surface area contributed by atoms with Gasteiger partial charge in [0.25, 0.3) is 0 Å². The summed E-state index contributed by atoms with van der Waals surface area (Å²) < 4.78 is 0.